The Hall–Kier alpha value is -0.860. The summed E-state index contributed by atoms with van der Waals surface area (Å²) in [6.07, 6.45) is 1.34. The van der Waals surface area contributed by atoms with Crippen LogP contribution in [0.15, 0.2) is 24.4 Å². The smallest absolute Gasteiger partial charge is 0.137 e. The zero-order valence-corrected chi connectivity index (χ0v) is 7.90. The Morgan fingerprint density at radius 2 is 2.00 bits per heavy atom. The Morgan fingerprint density at radius 1 is 1.23 bits per heavy atom. The van der Waals surface area contributed by atoms with Gasteiger partial charge in [-0.3, -0.25) is 0 Å². The molecule has 4 heteroatoms. The lowest BCUT2D eigenvalue weighted by molar-refractivity contribution is 0.640. The minimum Gasteiger partial charge on any atom is -0.242 e. The van der Waals surface area contributed by atoms with Gasteiger partial charge in [-0.25, -0.2) is 9.37 Å². The first-order chi connectivity index (χ1) is 6.20. The topological polar surface area (TPSA) is 12.9 Å². The van der Waals surface area contributed by atoms with Gasteiger partial charge in [0.25, 0.3) is 0 Å². The summed E-state index contributed by atoms with van der Waals surface area (Å²) in [5.74, 6) is -0.383. The average Bonchev–Trinajstić information content (AvgIpc) is 2.12. The molecule has 0 aliphatic rings. The summed E-state index contributed by atoms with van der Waals surface area (Å²) in [7, 11) is 0. The summed E-state index contributed by atoms with van der Waals surface area (Å²) in [6, 6.07) is 4.59. The van der Waals surface area contributed by atoms with Crippen LogP contribution in [-0.4, -0.2) is 4.98 Å². The molecule has 0 fully saturated rings. The molecular weight excluding hydrogens is 212 g/mol. The molecule has 0 saturated carbocycles. The van der Waals surface area contributed by atoms with Crippen LogP contribution >= 0.6 is 23.2 Å². The molecule has 1 nitrogen and oxygen atoms in total. The average molecular weight is 216 g/mol. The van der Waals surface area contributed by atoms with E-state index in [0.717, 1.165) is 0 Å². The van der Waals surface area contributed by atoms with E-state index < -0.39 is 0 Å². The van der Waals surface area contributed by atoms with E-state index in [4.69, 9.17) is 23.2 Å². The standard InChI is InChI=1S/C9H4Cl2FN/c10-6-4-13-9(11)5-2-1-3-7(12)8(5)6/h1-4H. The number of halogens is 3. The SMILES string of the molecule is Fc1cccc2c(Cl)ncc(Cl)c12. The van der Waals surface area contributed by atoms with E-state index >= 15 is 0 Å². The molecule has 1 heterocycles. The largest absolute Gasteiger partial charge is 0.242 e. The predicted octanol–water partition coefficient (Wildman–Crippen LogP) is 3.68. The number of hydrogen-bond acceptors (Lipinski definition) is 1. The molecule has 1 aromatic heterocycles. The minimum atomic E-state index is -0.383. The molecular formula is C9H4Cl2FN. The molecule has 0 radical (unpaired) electrons. The van der Waals surface area contributed by atoms with Crippen LogP contribution in [0.3, 0.4) is 0 Å². The van der Waals surface area contributed by atoms with Crippen molar-refractivity contribution in [1.82, 2.24) is 4.98 Å². The first kappa shape index (κ1) is 8.73. The molecule has 0 aliphatic carbocycles. The number of benzene rings is 1. The van der Waals surface area contributed by atoms with Gasteiger partial charge in [-0.15, -0.1) is 0 Å². The molecule has 0 amide bonds. The number of rotatable bonds is 0. The van der Waals surface area contributed by atoms with Gasteiger partial charge in [-0.05, 0) is 6.07 Å². The molecule has 1 aromatic carbocycles. The Balaban J connectivity index is 3.00. The molecule has 2 aromatic rings. The Bertz CT molecular complexity index is 462. The fourth-order valence-electron chi connectivity index (χ4n) is 1.19. The van der Waals surface area contributed by atoms with Gasteiger partial charge in [0, 0.05) is 17.0 Å². The molecule has 0 atom stereocenters. The Labute approximate surface area is 84.1 Å². The van der Waals surface area contributed by atoms with Crippen LogP contribution in [0.1, 0.15) is 0 Å². The van der Waals surface area contributed by atoms with E-state index in [1.165, 1.54) is 12.3 Å². The zero-order chi connectivity index (χ0) is 9.42. The van der Waals surface area contributed by atoms with Crippen molar-refractivity contribution in [3.8, 4) is 0 Å². The lowest BCUT2D eigenvalue weighted by Crippen LogP contribution is -1.84. The Kier molecular flexibility index (Phi) is 2.10. The summed E-state index contributed by atoms with van der Waals surface area (Å²) >= 11 is 11.5. The van der Waals surface area contributed by atoms with Crippen LogP contribution in [-0.2, 0) is 0 Å². The number of nitrogens with zero attached hydrogens (tertiary/aromatic N) is 1. The molecule has 0 spiro atoms. The highest BCUT2D eigenvalue weighted by Crippen LogP contribution is 2.29. The van der Waals surface area contributed by atoms with Gasteiger partial charge in [0.2, 0.25) is 0 Å². The molecule has 0 unspecified atom stereocenters. The number of pyridine rings is 1. The third-order valence-corrected chi connectivity index (χ3v) is 2.35. The fourth-order valence-corrected chi connectivity index (χ4v) is 1.63. The maximum Gasteiger partial charge on any atom is 0.137 e. The third-order valence-electron chi connectivity index (χ3n) is 1.77. The van der Waals surface area contributed by atoms with Crippen LogP contribution in [0.5, 0.6) is 0 Å². The highest BCUT2D eigenvalue weighted by molar-refractivity contribution is 6.39. The van der Waals surface area contributed by atoms with Gasteiger partial charge in [0.05, 0.1) is 5.02 Å². The quantitative estimate of drug-likeness (QED) is 0.612. The highest BCUT2D eigenvalue weighted by Gasteiger charge is 2.07. The van der Waals surface area contributed by atoms with Crippen molar-refractivity contribution in [1.29, 1.82) is 0 Å². The van der Waals surface area contributed by atoms with Crippen molar-refractivity contribution < 1.29 is 4.39 Å². The maximum atomic E-state index is 13.3. The fraction of sp³-hybridized carbons (Fsp3) is 0. The lowest BCUT2D eigenvalue weighted by atomic mass is 10.2. The van der Waals surface area contributed by atoms with Crippen molar-refractivity contribution in [3.63, 3.8) is 0 Å². The van der Waals surface area contributed by atoms with E-state index in [9.17, 15) is 4.39 Å². The number of hydrogen-bond donors (Lipinski definition) is 0. The summed E-state index contributed by atoms with van der Waals surface area (Å²) in [5.41, 5.74) is 0. The van der Waals surface area contributed by atoms with Crippen molar-refractivity contribution in [2.75, 3.05) is 0 Å². The van der Waals surface area contributed by atoms with E-state index in [1.807, 2.05) is 0 Å². The monoisotopic (exact) mass is 215 g/mol. The predicted molar refractivity (Wildman–Crippen MR) is 51.7 cm³/mol. The van der Waals surface area contributed by atoms with Crippen molar-refractivity contribution >= 4 is 34.0 Å². The van der Waals surface area contributed by atoms with E-state index in [1.54, 1.807) is 12.1 Å². The van der Waals surface area contributed by atoms with Gasteiger partial charge < -0.3 is 0 Å². The molecule has 0 saturated heterocycles. The Morgan fingerprint density at radius 3 is 2.69 bits per heavy atom. The van der Waals surface area contributed by atoms with Crippen LogP contribution in [0.4, 0.5) is 4.39 Å². The number of aromatic nitrogens is 1. The van der Waals surface area contributed by atoms with E-state index in [0.29, 0.717) is 10.8 Å². The van der Waals surface area contributed by atoms with Gasteiger partial charge in [0.15, 0.2) is 0 Å². The summed E-state index contributed by atoms with van der Waals surface area (Å²) in [6.45, 7) is 0. The normalized spacial score (nSPS) is 10.7. The molecule has 2 rings (SSSR count). The maximum absolute atomic E-state index is 13.3. The molecule has 0 N–H and O–H groups in total. The molecule has 0 aliphatic heterocycles. The second kappa shape index (κ2) is 3.13. The van der Waals surface area contributed by atoms with Gasteiger partial charge in [0.1, 0.15) is 11.0 Å². The van der Waals surface area contributed by atoms with E-state index in [-0.39, 0.29) is 16.0 Å². The second-order valence-corrected chi connectivity index (χ2v) is 3.32. The highest BCUT2D eigenvalue weighted by atomic mass is 35.5. The first-order valence-electron chi connectivity index (χ1n) is 3.58. The summed E-state index contributed by atoms with van der Waals surface area (Å²) in [4.78, 5) is 3.81. The van der Waals surface area contributed by atoms with Crippen LogP contribution in [0.2, 0.25) is 10.2 Å². The molecule has 66 valence electrons. The van der Waals surface area contributed by atoms with Crippen LogP contribution in [0.25, 0.3) is 10.8 Å². The van der Waals surface area contributed by atoms with Crippen molar-refractivity contribution in [3.05, 3.63) is 40.4 Å². The first-order valence-corrected chi connectivity index (χ1v) is 4.34. The zero-order valence-electron chi connectivity index (χ0n) is 6.39. The molecule has 13 heavy (non-hydrogen) atoms. The molecule has 0 bridgehead atoms. The summed E-state index contributed by atoms with van der Waals surface area (Å²) < 4.78 is 13.3. The second-order valence-electron chi connectivity index (χ2n) is 2.56. The van der Waals surface area contributed by atoms with E-state index in [2.05, 4.69) is 4.98 Å². The van der Waals surface area contributed by atoms with Crippen LogP contribution in [0, 0.1) is 5.82 Å². The summed E-state index contributed by atoms with van der Waals surface area (Å²) in [5, 5.41) is 1.40. The van der Waals surface area contributed by atoms with Gasteiger partial charge in [-0.1, -0.05) is 35.3 Å². The third kappa shape index (κ3) is 1.36. The van der Waals surface area contributed by atoms with Crippen molar-refractivity contribution in [2.24, 2.45) is 0 Å². The lowest BCUT2D eigenvalue weighted by Gasteiger charge is -2.02. The van der Waals surface area contributed by atoms with Gasteiger partial charge in [-0.2, -0.15) is 0 Å². The van der Waals surface area contributed by atoms with Crippen molar-refractivity contribution in [2.45, 2.75) is 0 Å². The van der Waals surface area contributed by atoms with Gasteiger partial charge >= 0.3 is 0 Å². The number of fused-ring (bicyclic) bond motifs is 1. The van der Waals surface area contributed by atoms with Crippen LogP contribution < -0.4 is 0 Å². The minimum absolute atomic E-state index is 0.263.